The largest absolute Gasteiger partial charge is 0.273 e. The Hall–Kier alpha value is -0.610. The molecular weight excluding hydrogens is 166 g/mol. The van der Waals surface area contributed by atoms with E-state index in [1.165, 1.54) is 5.01 Å². The minimum absolute atomic E-state index is 0.0505. The number of amides is 1. The SMILES string of the molecule is CN1N=C(CCNCl)CC1=O. The number of hydrogen-bond donors (Lipinski definition) is 1. The Morgan fingerprint density at radius 1 is 1.82 bits per heavy atom. The summed E-state index contributed by atoms with van der Waals surface area (Å²) in [5, 5.41) is 5.37. The standard InChI is InChI=1S/C6H10ClN3O/c1-10-6(11)4-5(9-10)2-3-8-7/h8H,2-4H2,1H3. The predicted molar refractivity (Wildman–Crippen MR) is 43.3 cm³/mol. The molecule has 1 rings (SSSR count). The average Bonchev–Trinajstić information content (AvgIpc) is 2.28. The van der Waals surface area contributed by atoms with Gasteiger partial charge in [0.05, 0.1) is 6.42 Å². The molecule has 4 nitrogen and oxygen atoms in total. The van der Waals surface area contributed by atoms with E-state index in [0.717, 1.165) is 12.1 Å². The Bertz CT molecular complexity index is 192. The first kappa shape index (κ1) is 8.49. The van der Waals surface area contributed by atoms with Crippen molar-refractivity contribution in [3.05, 3.63) is 0 Å². The number of carbonyl (C=O) groups is 1. The smallest absolute Gasteiger partial charge is 0.248 e. The van der Waals surface area contributed by atoms with Crippen molar-refractivity contribution in [2.45, 2.75) is 12.8 Å². The van der Waals surface area contributed by atoms with Crippen molar-refractivity contribution in [3.8, 4) is 0 Å². The fourth-order valence-electron chi connectivity index (χ4n) is 0.922. The van der Waals surface area contributed by atoms with E-state index in [4.69, 9.17) is 11.8 Å². The average molecular weight is 176 g/mol. The van der Waals surface area contributed by atoms with E-state index in [9.17, 15) is 4.79 Å². The Morgan fingerprint density at radius 2 is 2.55 bits per heavy atom. The summed E-state index contributed by atoms with van der Waals surface area (Å²) in [6, 6.07) is 0. The first-order valence-corrected chi connectivity index (χ1v) is 3.78. The first-order valence-electron chi connectivity index (χ1n) is 3.40. The lowest BCUT2D eigenvalue weighted by Crippen LogP contribution is -2.14. The zero-order chi connectivity index (χ0) is 8.27. The molecule has 0 fully saturated rings. The van der Waals surface area contributed by atoms with Gasteiger partial charge in [0.2, 0.25) is 5.91 Å². The van der Waals surface area contributed by atoms with Crippen LogP contribution in [-0.2, 0) is 4.79 Å². The lowest BCUT2D eigenvalue weighted by atomic mass is 10.2. The number of hydrogen-bond acceptors (Lipinski definition) is 3. The summed E-state index contributed by atoms with van der Waals surface area (Å²) >= 11 is 5.25. The Labute approximate surface area is 70.3 Å². The van der Waals surface area contributed by atoms with Crippen molar-refractivity contribution in [3.63, 3.8) is 0 Å². The van der Waals surface area contributed by atoms with Gasteiger partial charge in [0.15, 0.2) is 0 Å². The topological polar surface area (TPSA) is 44.7 Å². The summed E-state index contributed by atoms with van der Waals surface area (Å²) in [5.74, 6) is 0.0505. The molecule has 0 spiro atoms. The molecule has 0 atom stereocenters. The van der Waals surface area contributed by atoms with Crippen molar-refractivity contribution in [2.75, 3.05) is 13.6 Å². The van der Waals surface area contributed by atoms with Crippen LogP contribution in [0.25, 0.3) is 0 Å². The molecule has 1 aliphatic heterocycles. The second-order valence-electron chi connectivity index (χ2n) is 2.39. The van der Waals surface area contributed by atoms with Gasteiger partial charge in [0.25, 0.3) is 0 Å². The fraction of sp³-hybridized carbons (Fsp3) is 0.667. The van der Waals surface area contributed by atoms with Crippen LogP contribution in [-0.4, -0.2) is 30.2 Å². The van der Waals surface area contributed by atoms with Gasteiger partial charge in [-0.1, -0.05) is 0 Å². The molecule has 0 aromatic heterocycles. The molecule has 1 aliphatic rings. The highest BCUT2D eigenvalue weighted by molar-refractivity contribution is 6.13. The van der Waals surface area contributed by atoms with Gasteiger partial charge in [0, 0.05) is 25.7 Å². The van der Waals surface area contributed by atoms with Crippen LogP contribution in [0.5, 0.6) is 0 Å². The summed E-state index contributed by atoms with van der Waals surface area (Å²) in [6.45, 7) is 0.654. The summed E-state index contributed by atoms with van der Waals surface area (Å²) in [6.07, 6.45) is 1.18. The molecule has 0 unspecified atom stereocenters. The van der Waals surface area contributed by atoms with Crippen molar-refractivity contribution < 1.29 is 4.79 Å². The van der Waals surface area contributed by atoms with Crippen LogP contribution in [0.4, 0.5) is 0 Å². The van der Waals surface area contributed by atoms with Gasteiger partial charge < -0.3 is 0 Å². The Balaban J connectivity index is 2.37. The van der Waals surface area contributed by atoms with Gasteiger partial charge in [-0.05, 0) is 11.8 Å². The lowest BCUT2D eigenvalue weighted by Gasteiger charge is -1.98. The molecule has 0 aromatic carbocycles. The minimum atomic E-state index is 0.0505. The molecule has 62 valence electrons. The number of hydrazone groups is 1. The maximum absolute atomic E-state index is 10.9. The van der Waals surface area contributed by atoms with E-state index >= 15 is 0 Å². The van der Waals surface area contributed by atoms with Crippen molar-refractivity contribution >= 4 is 23.4 Å². The Morgan fingerprint density at radius 3 is 3.00 bits per heavy atom. The minimum Gasteiger partial charge on any atom is -0.273 e. The van der Waals surface area contributed by atoms with Gasteiger partial charge >= 0.3 is 0 Å². The third kappa shape index (κ3) is 2.17. The van der Waals surface area contributed by atoms with E-state index in [2.05, 4.69) is 9.94 Å². The van der Waals surface area contributed by atoms with Gasteiger partial charge in [-0.15, -0.1) is 0 Å². The molecule has 1 amide bonds. The highest BCUT2D eigenvalue weighted by Crippen LogP contribution is 2.07. The van der Waals surface area contributed by atoms with Gasteiger partial charge in [-0.3, -0.25) is 4.79 Å². The summed E-state index contributed by atoms with van der Waals surface area (Å²) in [7, 11) is 1.66. The van der Waals surface area contributed by atoms with Crippen LogP contribution in [0.3, 0.4) is 0 Å². The number of rotatable bonds is 3. The molecule has 0 aliphatic carbocycles. The van der Waals surface area contributed by atoms with Crippen LogP contribution in [0.1, 0.15) is 12.8 Å². The first-order chi connectivity index (χ1) is 5.24. The maximum atomic E-state index is 10.9. The second-order valence-corrected chi connectivity index (χ2v) is 2.66. The van der Waals surface area contributed by atoms with Crippen LogP contribution < -0.4 is 4.84 Å². The summed E-state index contributed by atoms with van der Waals surface area (Å²) < 4.78 is 0. The van der Waals surface area contributed by atoms with E-state index in [-0.39, 0.29) is 5.91 Å². The van der Waals surface area contributed by atoms with Gasteiger partial charge in [-0.2, -0.15) is 5.10 Å². The van der Waals surface area contributed by atoms with Crippen molar-refractivity contribution in [1.82, 2.24) is 9.84 Å². The maximum Gasteiger partial charge on any atom is 0.248 e. The third-order valence-electron chi connectivity index (χ3n) is 1.52. The summed E-state index contributed by atoms with van der Waals surface area (Å²) in [4.78, 5) is 13.4. The quantitative estimate of drug-likeness (QED) is 0.629. The molecule has 5 heteroatoms. The molecule has 1 N–H and O–H groups in total. The molecule has 0 saturated heterocycles. The fourth-order valence-corrected chi connectivity index (χ4v) is 1.02. The number of halogens is 1. The van der Waals surface area contributed by atoms with Crippen LogP contribution >= 0.6 is 11.8 Å². The van der Waals surface area contributed by atoms with Crippen molar-refractivity contribution in [1.29, 1.82) is 0 Å². The highest BCUT2D eigenvalue weighted by atomic mass is 35.5. The number of nitrogens with one attached hydrogen (secondary N) is 1. The Kier molecular flexibility index (Phi) is 2.84. The molecule has 1 heterocycles. The third-order valence-corrected chi connectivity index (χ3v) is 1.70. The van der Waals surface area contributed by atoms with E-state index in [1.54, 1.807) is 7.05 Å². The van der Waals surface area contributed by atoms with Crippen LogP contribution in [0, 0.1) is 0 Å². The zero-order valence-corrected chi connectivity index (χ0v) is 7.06. The predicted octanol–water partition coefficient (Wildman–Crippen LogP) is 0.338. The van der Waals surface area contributed by atoms with E-state index < -0.39 is 0 Å². The van der Waals surface area contributed by atoms with Gasteiger partial charge in [0.1, 0.15) is 0 Å². The van der Waals surface area contributed by atoms with E-state index in [1.807, 2.05) is 0 Å². The normalized spacial score (nSPS) is 17.5. The molecule has 11 heavy (non-hydrogen) atoms. The van der Waals surface area contributed by atoms with E-state index in [0.29, 0.717) is 13.0 Å². The number of nitrogens with zero attached hydrogens (tertiary/aromatic N) is 2. The van der Waals surface area contributed by atoms with Crippen LogP contribution in [0.2, 0.25) is 0 Å². The second kappa shape index (κ2) is 3.69. The number of carbonyl (C=O) groups excluding carboxylic acids is 1. The lowest BCUT2D eigenvalue weighted by molar-refractivity contribution is -0.127. The molecule has 0 bridgehead atoms. The highest BCUT2D eigenvalue weighted by Gasteiger charge is 2.18. The van der Waals surface area contributed by atoms with Gasteiger partial charge in [-0.25, -0.2) is 9.84 Å². The summed E-state index contributed by atoms with van der Waals surface area (Å²) in [5.41, 5.74) is 0.894. The molecule has 0 radical (unpaired) electrons. The zero-order valence-electron chi connectivity index (χ0n) is 6.30. The molecular formula is C6H10ClN3O. The van der Waals surface area contributed by atoms with Crippen LogP contribution in [0.15, 0.2) is 5.10 Å². The van der Waals surface area contributed by atoms with Crippen molar-refractivity contribution in [2.24, 2.45) is 5.10 Å². The molecule has 0 aromatic rings. The monoisotopic (exact) mass is 175 g/mol. The molecule has 0 saturated carbocycles.